The molecular formula is C24H14ClNO6. The molecule has 0 saturated heterocycles. The van der Waals surface area contributed by atoms with Gasteiger partial charge in [0.25, 0.3) is 5.69 Å². The first-order chi connectivity index (χ1) is 15.4. The topological polar surface area (TPSA) is 99.7 Å². The Bertz CT molecular complexity index is 1420. The van der Waals surface area contributed by atoms with Crippen LogP contribution in [0, 0.1) is 10.1 Å². The average molecular weight is 448 g/mol. The largest absolute Gasteiger partial charge is 0.456 e. The van der Waals surface area contributed by atoms with Crippen molar-refractivity contribution in [2.45, 2.75) is 0 Å². The van der Waals surface area contributed by atoms with Crippen LogP contribution in [0.3, 0.4) is 0 Å². The van der Waals surface area contributed by atoms with Gasteiger partial charge in [-0.1, -0.05) is 23.7 Å². The van der Waals surface area contributed by atoms with Gasteiger partial charge in [-0.2, -0.15) is 0 Å². The zero-order valence-corrected chi connectivity index (χ0v) is 17.1. The van der Waals surface area contributed by atoms with E-state index >= 15 is 0 Å². The summed E-state index contributed by atoms with van der Waals surface area (Å²) in [6, 6.07) is 18.6. The van der Waals surface area contributed by atoms with Crippen molar-refractivity contribution in [3.63, 3.8) is 0 Å². The second-order valence-electron chi connectivity index (χ2n) is 6.75. The highest BCUT2D eigenvalue weighted by molar-refractivity contribution is 6.30. The predicted octanol–water partition coefficient (Wildman–Crippen LogP) is 5.64. The van der Waals surface area contributed by atoms with Gasteiger partial charge >= 0.3 is 5.97 Å². The Morgan fingerprint density at radius 1 is 1.03 bits per heavy atom. The lowest BCUT2D eigenvalue weighted by atomic mass is 10.1. The van der Waals surface area contributed by atoms with E-state index in [1.54, 1.807) is 36.4 Å². The number of ether oxygens (including phenoxy) is 1. The number of benzene rings is 3. The lowest BCUT2D eigenvalue weighted by molar-refractivity contribution is -0.384. The van der Waals surface area contributed by atoms with Gasteiger partial charge in [-0.25, -0.2) is 4.79 Å². The molecule has 0 atom stereocenters. The van der Waals surface area contributed by atoms with E-state index in [-0.39, 0.29) is 22.3 Å². The fraction of sp³-hybridized carbons (Fsp3) is 0. The summed E-state index contributed by atoms with van der Waals surface area (Å²) in [7, 11) is 0. The van der Waals surface area contributed by atoms with Crippen molar-refractivity contribution >= 4 is 40.3 Å². The van der Waals surface area contributed by atoms with E-state index in [1.165, 1.54) is 42.5 Å². The number of rotatable bonds is 5. The lowest BCUT2D eigenvalue weighted by Gasteiger charge is -2.06. The van der Waals surface area contributed by atoms with Crippen molar-refractivity contribution in [2.75, 3.05) is 0 Å². The van der Waals surface area contributed by atoms with Gasteiger partial charge in [0.2, 0.25) is 0 Å². The Labute approximate surface area is 186 Å². The second kappa shape index (κ2) is 8.87. The highest BCUT2D eigenvalue weighted by atomic mass is 35.5. The van der Waals surface area contributed by atoms with E-state index in [0.29, 0.717) is 27.5 Å². The quantitative estimate of drug-likeness (QED) is 0.129. The molecule has 32 heavy (non-hydrogen) atoms. The standard InChI is InChI=1S/C24H14ClNO6/c25-17-7-5-16(6-8-17)23-14-21(27)20-13-19(9-10-22(20)32-23)31-24(28)11-4-15-2-1-3-18(12-15)26(29)30/h1-14H/b11-4+. The third-order valence-corrected chi connectivity index (χ3v) is 4.79. The molecule has 4 rings (SSSR count). The first-order valence-electron chi connectivity index (χ1n) is 9.37. The number of nitro benzene ring substituents is 1. The molecule has 1 aromatic heterocycles. The summed E-state index contributed by atoms with van der Waals surface area (Å²) in [5.74, 6) is -0.139. The van der Waals surface area contributed by atoms with Crippen molar-refractivity contribution < 1.29 is 18.9 Å². The van der Waals surface area contributed by atoms with Crippen molar-refractivity contribution in [1.29, 1.82) is 0 Å². The fourth-order valence-electron chi connectivity index (χ4n) is 3.01. The molecule has 0 spiro atoms. The molecule has 0 aliphatic carbocycles. The molecule has 0 bridgehead atoms. The van der Waals surface area contributed by atoms with Gasteiger partial charge in [0, 0.05) is 34.9 Å². The second-order valence-corrected chi connectivity index (χ2v) is 7.18. The van der Waals surface area contributed by atoms with Gasteiger partial charge in [-0.15, -0.1) is 0 Å². The number of carbonyl (C=O) groups is 1. The Morgan fingerprint density at radius 2 is 1.81 bits per heavy atom. The van der Waals surface area contributed by atoms with E-state index in [2.05, 4.69) is 0 Å². The van der Waals surface area contributed by atoms with E-state index in [4.69, 9.17) is 20.8 Å². The molecule has 0 aliphatic heterocycles. The normalized spacial score (nSPS) is 11.0. The molecule has 3 aromatic carbocycles. The van der Waals surface area contributed by atoms with Crippen LogP contribution in [-0.4, -0.2) is 10.9 Å². The molecule has 7 nitrogen and oxygen atoms in total. The lowest BCUT2D eigenvalue weighted by Crippen LogP contribution is -2.05. The minimum atomic E-state index is -0.696. The number of hydrogen-bond donors (Lipinski definition) is 0. The predicted molar refractivity (Wildman–Crippen MR) is 121 cm³/mol. The van der Waals surface area contributed by atoms with Gasteiger partial charge in [-0.05, 0) is 54.1 Å². The molecule has 0 amide bonds. The van der Waals surface area contributed by atoms with Crippen LogP contribution in [0.5, 0.6) is 5.75 Å². The molecule has 0 fully saturated rings. The average Bonchev–Trinajstić information content (AvgIpc) is 2.78. The smallest absolute Gasteiger partial charge is 0.336 e. The molecule has 0 saturated carbocycles. The minimum Gasteiger partial charge on any atom is -0.456 e. The molecular weight excluding hydrogens is 434 g/mol. The highest BCUT2D eigenvalue weighted by Gasteiger charge is 2.10. The molecule has 0 radical (unpaired) electrons. The first kappa shape index (κ1) is 21.0. The molecule has 0 N–H and O–H groups in total. The van der Waals surface area contributed by atoms with E-state index in [1.807, 2.05) is 0 Å². The molecule has 4 aromatic rings. The Hall–Kier alpha value is -4.23. The third-order valence-electron chi connectivity index (χ3n) is 4.54. The van der Waals surface area contributed by atoms with Crippen molar-refractivity contribution in [2.24, 2.45) is 0 Å². The molecule has 0 aliphatic rings. The highest BCUT2D eigenvalue weighted by Crippen LogP contribution is 2.26. The Balaban J connectivity index is 1.54. The van der Waals surface area contributed by atoms with Crippen molar-refractivity contribution in [1.82, 2.24) is 0 Å². The van der Waals surface area contributed by atoms with Crippen LogP contribution in [0.2, 0.25) is 5.02 Å². The Kier molecular flexibility index (Phi) is 5.83. The zero-order chi connectivity index (χ0) is 22.7. The molecule has 1 heterocycles. The number of nitro groups is 1. The maximum atomic E-state index is 12.6. The van der Waals surface area contributed by atoms with Crippen LogP contribution in [0.25, 0.3) is 28.4 Å². The van der Waals surface area contributed by atoms with Gasteiger partial charge in [0.1, 0.15) is 17.1 Å². The number of non-ortho nitro benzene ring substituents is 1. The summed E-state index contributed by atoms with van der Waals surface area (Å²) in [5, 5.41) is 11.7. The number of hydrogen-bond acceptors (Lipinski definition) is 6. The SMILES string of the molecule is O=C(/C=C/c1cccc([N+](=O)[O-])c1)Oc1ccc2oc(-c3ccc(Cl)cc3)cc(=O)c2c1. The summed E-state index contributed by atoms with van der Waals surface area (Å²) in [6.45, 7) is 0. The summed E-state index contributed by atoms with van der Waals surface area (Å²) in [5.41, 5.74) is 1.15. The summed E-state index contributed by atoms with van der Waals surface area (Å²) < 4.78 is 11.1. The molecule has 158 valence electrons. The summed E-state index contributed by atoms with van der Waals surface area (Å²) in [4.78, 5) is 35.0. The number of esters is 1. The summed E-state index contributed by atoms with van der Waals surface area (Å²) in [6.07, 6.45) is 2.55. The fourth-order valence-corrected chi connectivity index (χ4v) is 3.14. The minimum absolute atomic E-state index is 0.0836. The van der Waals surface area contributed by atoms with Crippen LogP contribution < -0.4 is 10.2 Å². The van der Waals surface area contributed by atoms with Crippen LogP contribution >= 0.6 is 11.6 Å². The Morgan fingerprint density at radius 3 is 2.56 bits per heavy atom. The van der Waals surface area contributed by atoms with Crippen LogP contribution in [0.4, 0.5) is 5.69 Å². The zero-order valence-electron chi connectivity index (χ0n) is 16.4. The van der Waals surface area contributed by atoms with Gasteiger partial charge in [-0.3, -0.25) is 14.9 Å². The van der Waals surface area contributed by atoms with Crippen molar-refractivity contribution in [3.05, 3.63) is 110 Å². The molecule has 0 unspecified atom stereocenters. The van der Waals surface area contributed by atoms with Gasteiger partial charge < -0.3 is 9.15 Å². The van der Waals surface area contributed by atoms with E-state index in [0.717, 1.165) is 6.08 Å². The summed E-state index contributed by atoms with van der Waals surface area (Å²) >= 11 is 5.90. The van der Waals surface area contributed by atoms with Crippen LogP contribution in [0.15, 0.2) is 88.1 Å². The number of nitrogens with zero attached hydrogens (tertiary/aromatic N) is 1. The number of carbonyl (C=O) groups excluding carboxylic acids is 1. The number of fused-ring (bicyclic) bond motifs is 1. The first-order valence-corrected chi connectivity index (χ1v) is 9.75. The monoisotopic (exact) mass is 447 g/mol. The van der Waals surface area contributed by atoms with Gasteiger partial charge in [0.15, 0.2) is 5.43 Å². The third kappa shape index (κ3) is 4.74. The van der Waals surface area contributed by atoms with Crippen molar-refractivity contribution in [3.8, 4) is 17.1 Å². The van der Waals surface area contributed by atoms with E-state index < -0.39 is 10.9 Å². The van der Waals surface area contributed by atoms with Crippen LogP contribution in [-0.2, 0) is 4.79 Å². The van der Waals surface area contributed by atoms with E-state index in [9.17, 15) is 19.7 Å². The molecule has 8 heteroatoms. The van der Waals surface area contributed by atoms with Crippen LogP contribution in [0.1, 0.15) is 5.56 Å². The van der Waals surface area contributed by atoms with Gasteiger partial charge in [0.05, 0.1) is 10.3 Å². The number of halogens is 1. The maximum Gasteiger partial charge on any atom is 0.336 e. The maximum absolute atomic E-state index is 12.6.